The zero-order valence-corrected chi connectivity index (χ0v) is 15.3. The van der Waals surface area contributed by atoms with E-state index in [1.165, 1.54) is 10.7 Å². The summed E-state index contributed by atoms with van der Waals surface area (Å²) in [7, 11) is 0. The average Bonchev–Trinajstić information content (AvgIpc) is 3.17. The molecule has 142 valence electrons. The summed E-state index contributed by atoms with van der Waals surface area (Å²) in [4.78, 5) is 16.4. The van der Waals surface area contributed by atoms with Crippen molar-refractivity contribution in [1.29, 1.82) is 0 Å². The molecule has 0 atom stereocenters. The molecule has 0 aliphatic carbocycles. The lowest BCUT2D eigenvalue weighted by atomic mass is 10.1. The van der Waals surface area contributed by atoms with Gasteiger partial charge in [-0.15, -0.1) is 5.10 Å². The fourth-order valence-corrected chi connectivity index (χ4v) is 3.01. The summed E-state index contributed by atoms with van der Waals surface area (Å²) in [6, 6.07) is 8.37. The molecule has 0 fully saturated rings. The maximum Gasteiger partial charge on any atom is 0.246 e. The van der Waals surface area contributed by atoms with Gasteiger partial charge in [0.15, 0.2) is 5.65 Å². The van der Waals surface area contributed by atoms with Gasteiger partial charge in [-0.25, -0.2) is 8.91 Å². The number of carbonyl (C=O) groups excluding carboxylic acids is 1. The molecule has 1 amide bonds. The van der Waals surface area contributed by atoms with Crippen LogP contribution in [-0.2, 0) is 11.3 Å². The molecule has 3 heterocycles. The Kier molecular flexibility index (Phi) is 4.26. The van der Waals surface area contributed by atoms with Gasteiger partial charge >= 0.3 is 0 Å². The van der Waals surface area contributed by atoms with E-state index >= 15 is 0 Å². The fourth-order valence-electron chi connectivity index (χ4n) is 3.01. The lowest BCUT2D eigenvalue weighted by Gasteiger charge is -2.07. The highest BCUT2D eigenvalue weighted by atomic mass is 19.1. The van der Waals surface area contributed by atoms with E-state index in [1.54, 1.807) is 36.0 Å². The van der Waals surface area contributed by atoms with Gasteiger partial charge in [0.05, 0.1) is 11.4 Å². The van der Waals surface area contributed by atoms with E-state index in [9.17, 15) is 9.18 Å². The number of amides is 1. The number of nitrogen functional groups attached to an aromatic ring is 1. The maximum absolute atomic E-state index is 13.9. The number of nitrogens with two attached hydrogens (primary N) is 1. The molecule has 28 heavy (non-hydrogen) atoms. The van der Waals surface area contributed by atoms with E-state index in [2.05, 4.69) is 20.5 Å². The van der Waals surface area contributed by atoms with Crippen LogP contribution >= 0.6 is 0 Å². The lowest BCUT2D eigenvalue weighted by Crippen LogP contribution is -2.19. The van der Waals surface area contributed by atoms with E-state index in [-0.39, 0.29) is 24.1 Å². The number of halogens is 1. The van der Waals surface area contributed by atoms with Crippen molar-refractivity contribution < 1.29 is 9.18 Å². The van der Waals surface area contributed by atoms with E-state index < -0.39 is 5.82 Å². The molecule has 0 bridgehead atoms. The molecule has 0 spiro atoms. The van der Waals surface area contributed by atoms with Crippen molar-refractivity contribution in [3.63, 3.8) is 0 Å². The minimum Gasteiger partial charge on any atom is -0.366 e. The number of aryl methyl sites for hydroxylation is 2. The Morgan fingerprint density at radius 2 is 2.04 bits per heavy atom. The zero-order valence-electron chi connectivity index (χ0n) is 15.3. The number of carbonyl (C=O) groups is 1. The molecule has 0 aliphatic rings. The van der Waals surface area contributed by atoms with Crippen LogP contribution < -0.4 is 11.1 Å². The zero-order chi connectivity index (χ0) is 19.8. The summed E-state index contributed by atoms with van der Waals surface area (Å²) >= 11 is 0. The second-order valence-electron chi connectivity index (χ2n) is 6.55. The maximum atomic E-state index is 13.9. The predicted molar refractivity (Wildman–Crippen MR) is 103 cm³/mol. The van der Waals surface area contributed by atoms with Crippen LogP contribution in [0.5, 0.6) is 0 Å². The van der Waals surface area contributed by atoms with Crippen LogP contribution in [0.1, 0.15) is 11.3 Å². The molecule has 4 rings (SSSR count). The Balaban J connectivity index is 1.54. The summed E-state index contributed by atoms with van der Waals surface area (Å²) in [6.07, 6.45) is 3.53. The number of nitrogens with one attached hydrogen (secondary N) is 1. The number of rotatable bonds is 4. The number of hydrogen-bond donors (Lipinski definition) is 2. The molecule has 1 aromatic carbocycles. The molecule has 8 nitrogen and oxygen atoms in total. The van der Waals surface area contributed by atoms with E-state index in [0.29, 0.717) is 5.65 Å². The standard InChI is InChI=1S/C19H18FN7O/c1-11-3-4-16(15(20)7-11)22-18(28)10-26-9-14(12(2)24-26)13-5-6-27-17(8-13)23-19(21)25-27/h3-9H,10H2,1-2H3,(H2,21,25)(H,22,28). The van der Waals surface area contributed by atoms with Crippen LogP contribution in [0, 0.1) is 19.7 Å². The second kappa shape index (κ2) is 6.76. The van der Waals surface area contributed by atoms with Crippen molar-refractivity contribution in [3.05, 3.63) is 59.8 Å². The number of fused-ring (bicyclic) bond motifs is 1. The summed E-state index contributed by atoms with van der Waals surface area (Å²) < 4.78 is 17.0. The van der Waals surface area contributed by atoms with E-state index in [0.717, 1.165) is 22.4 Å². The molecule has 0 saturated heterocycles. The van der Waals surface area contributed by atoms with Crippen LogP contribution in [0.4, 0.5) is 16.0 Å². The monoisotopic (exact) mass is 379 g/mol. The molecule has 9 heteroatoms. The second-order valence-corrected chi connectivity index (χ2v) is 6.55. The normalized spacial score (nSPS) is 11.1. The van der Waals surface area contributed by atoms with Crippen LogP contribution in [0.3, 0.4) is 0 Å². The predicted octanol–water partition coefficient (Wildman–Crippen LogP) is 2.57. The molecule has 0 unspecified atom stereocenters. The molecular weight excluding hydrogens is 361 g/mol. The molecule has 3 aromatic heterocycles. The summed E-state index contributed by atoms with van der Waals surface area (Å²) in [5, 5.41) is 11.0. The molecule has 0 aliphatic heterocycles. The van der Waals surface area contributed by atoms with Crippen LogP contribution in [0.25, 0.3) is 16.8 Å². The molecule has 0 saturated carbocycles. The van der Waals surface area contributed by atoms with Gasteiger partial charge < -0.3 is 11.1 Å². The highest BCUT2D eigenvalue weighted by Crippen LogP contribution is 2.24. The first kappa shape index (κ1) is 17.7. The van der Waals surface area contributed by atoms with Crippen LogP contribution in [0.15, 0.2) is 42.7 Å². The van der Waals surface area contributed by atoms with E-state index in [1.807, 2.05) is 19.1 Å². The summed E-state index contributed by atoms with van der Waals surface area (Å²) in [5.41, 5.74) is 9.67. The summed E-state index contributed by atoms with van der Waals surface area (Å²) in [6.45, 7) is 3.61. The van der Waals surface area contributed by atoms with Crippen LogP contribution in [0.2, 0.25) is 0 Å². The number of aromatic nitrogens is 5. The van der Waals surface area contributed by atoms with Crippen molar-refractivity contribution in [1.82, 2.24) is 24.4 Å². The van der Waals surface area contributed by atoms with Crippen LogP contribution in [-0.4, -0.2) is 30.3 Å². The quantitative estimate of drug-likeness (QED) is 0.567. The number of hydrogen-bond acceptors (Lipinski definition) is 5. The Bertz CT molecular complexity index is 1190. The van der Waals surface area contributed by atoms with Gasteiger partial charge in [-0.2, -0.15) is 10.1 Å². The number of pyridine rings is 1. The first-order chi connectivity index (χ1) is 13.4. The van der Waals surface area contributed by atoms with Crippen molar-refractivity contribution in [2.24, 2.45) is 0 Å². The Labute approximate surface area is 159 Å². The number of benzene rings is 1. The fraction of sp³-hybridized carbons (Fsp3) is 0.158. The smallest absolute Gasteiger partial charge is 0.246 e. The minimum atomic E-state index is -0.466. The first-order valence-corrected chi connectivity index (χ1v) is 8.61. The topological polar surface area (TPSA) is 103 Å². The largest absolute Gasteiger partial charge is 0.366 e. The van der Waals surface area contributed by atoms with Gasteiger partial charge in [-0.1, -0.05) is 6.07 Å². The van der Waals surface area contributed by atoms with Crippen molar-refractivity contribution in [2.75, 3.05) is 11.1 Å². The van der Waals surface area contributed by atoms with Crippen molar-refractivity contribution >= 4 is 23.2 Å². The Morgan fingerprint density at radius 3 is 2.82 bits per heavy atom. The summed E-state index contributed by atoms with van der Waals surface area (Å²) in [5.74, 6) is -0.631. The minimum absolute atomic E-state index is 0.0335. The highest BCUT2D eigenvalue weighted by Gasteiger charge is 2.13. The Hall–Kier alpha value is -3.75. The van der Waals surface area contributed by atoms with Gasteiger partial charge in [-0.05, 0) is 49.2 Å². The molecule has 4 aromatic rings. The van der Waals surface area contributed by atoms with Gasteiger partial charge in [0, 0.05) is 18.0 Å². The molecule has 0 radical (unpaired) electrons. The number of nitrogens with zero attached hydrogens (tertiary/aromatic N) is 5. The third kappa shape index (κ3) is 3.41. The SMILES string of the molecule is Cc1ccc(NC(=O)Cn2cc(-c3ccn4nc(N)nc4c3)c(C)n2)c(F)c1. The van der Waals surface area contributed by atoms with Gasteiger partial charge in [0.1, 0.15) is 12.4 Å². The average molecular weight is 379 g/mol. The number of anilines is 2. The first-order valence-electron chi connectivity index (χ1n) is 8.61. The van der Waals surface area contributed by atoms with Gasteiger partial charge in [0.2, 0.25) is 11.9 Å². The van der Waals surface area contributed by atoms with Gasteiger partial charge in [0.25, 0.3) is 0 Å². The Morgan fingerprint density at radius 1 is 1.21 bits per heavy atom. The third-order valence-electron chi connectivity index (χ3n) is 4.32. The van der Waals surface area contributed by atoms with E-state index in [4.69, 9.17) is 5.73 Å². The highest BCUT2D eigenvalue weighted by molar-refractivity contribution is 5.90. The molecule has 3 N–H and O–H groups in total. The van der Waals surface area contributed by atoms with Crippen molar-refractivity contribution in [2.45, 2.75) is 20.4 Å². The lowest BCUT2D eigenvalue weighted by molar-refractivity contribution is -0.116. The van der Waals surface area contributed by atoms with Gasteiger partial charge in [-0.3, -0.25) is 9.48 Å². The molecular formula is C19H18FN7O. The van der Waals surface area contributed by atoms with Crippen molar-refractivity contribution in [3.8, 4) is 11.1 Å². The third-order valence-corrected chi connectivity index (χ3v) is 4.32.